The van der Waals surface area contributed by atoms with Gasteiger partial charge in [0.2, 0.25) is 0 Å². The van der Waals surface area contributed by atoms with Gasteiger partial charge in [0.1, 0.15) is 24.4 Å². The first-order valence-electron chi connectivity index (χ1n) is 20.2. The monoisotopic (exact) mass is 839 g/mol. The van der Waals surface area contributed by atoms with E-state index in [1.165, 1.54) is 0 Å². The Hall–Kier alpha value is -5.23. The van der Waals surface area contributed by atoms with Gasteiger partial charge in [-0.1, -0.05) is 109 Å². The minimum absolute atomic E-state index is 0.00739. The van der Waals surface area contributed by atoms with Crippen LogP contribution in [0.15, 0.2) is 126 Å². The van der Waals surface area contributed by atoms with Crippen molar-refractivity contribution in [3.63, 3.8) is 0 Å². The van der Waals surface area contributed by atoms with Crippen LogP contribution in [0, 0.1) is 5.92 Å². The number of carbonyl (C=O) groups excluding carboxylic acids is 2. The van der Waals surface area contributed by atoms with Crippen LogP contribution >= 0.6 is 0 Å². The molecule has 3 aliphatic heterocycles. The van der Waals surface area contributed by atoms with Crippen molar-refractivity contribution in [1.82, 2.24) is 0 Å². The number of hydrogen-bond acceptors (Lipinski definition) is 14. The zero-order valence-corrected chi connectivity index (χ0v) is 33.5. The second-order valence-corrected chi connectivity index (χ2v) is 14.6. The van der Waals surface area contributed by atoms with E-state index in [4.69, 9.17) is 52.9 Å². The first-order valence-corrected chi connectivity index (χ1v) is 20.2. The average Bonchev–Trinajstić information content (AvgIpc) is 3.30. The summed E-state index contributed by atoms with van der Waals surface area (Å²) in [5.41, 5.74) is 10.8. The number of carbonyl (C=O) groups is 2. The van der Waals surface area contributed by atoms with Gasteiger partial charge in [0.15, 0.2) is 31.1 Å². The molecule has 0 radical (unpaired) electrons. The minimum Gasteiger partial charge on any atom is -0.453 e. The molecule has 0 bridgehead atoms. The summed E-state index contributed by atoms with van der Waals surface area (Å²) in [6.45, 7) is 2.58. The van der Waals surface area contributed by atoms with Crippen LogP contribution in [0.25, 0.3) is 10.4 Å². The summed E-state index contributed by atoms with van der Waals surface area (Å²) in [4.78, 5) is 30.0. The molecule has 3 heterocycles. The summed E-state index contributed by atoms with van der Waals surface area (Å²) in [6.07, 6.45) is -10.8. The third-order valence-corrected chi connectivity index (χ3v) is 10.5. The third-order valence-electron chi connectivity index (χ3n) is 10.5. The number of nitrogens with zero attached hydrogens (tertiary/aromatic N) is 3. The minimum atomic E-state index is -1.43. The molecule has 0 spiro atoms. The van der Waals surface area contributed by atoms with Gasteiger partial charge in [-0.2, -0.15) is 0 Å². The molecule has 0 saturated carbocycles. The Morgan fingerprint density at radius 1 is 0.738 bits per heavy atom. The van der Waals surface area contributed by atoms with Crippen molar-refractivity contribution >= 4 is 11.9 Å². The predicted molar refractivity (Wildman–Crippen MR) is 216 cm³/mol. The average molecular weight is 840 g/mol. The maximum atomic E-state index is 13.6. The molecule has 3 saturated heterocycles. The van der Waals surface area contributed by atoms with Crippen LogP contribution in [0.4, 0.5) is 0 Å². The maximum Gasteiger partial charge on any atom is 0.338 e. The zero-order valence-electron chi connectivity index (χ0n) is 33.5. The Labute approximate surface area is 353 Å². The van der Waals surface area contributed by atoms with Gasteiger partial charge in [0.25, 0.3) is 0 Å². The van der Waals surface area contributed by atoms with Crippen molar-refractivity contribution in [3.05, 3.63) is 154 Å². The van der Waals surface area contributed by atoms with Gasteiger partial charge in [0.05, 0.1) is 56.9 Å². The molecule has 0 aliphatic carbocycles. The Bertz CT molecular complexity index is 2010. The molecule has 16 heteroatoms. The Balaban J connectivity index is 1.16. The fourth-order valence-electron chi connectivity index (χ4n) is 7.35. The first-order chi connectivity index (χ1) is 29.9. The van der Waals surface area contributed by atoms with Gasteiger partial charge in [0, 0.05) is 22.9 Å². The van der Waals surface area contributed by atoms with Crippen LogP contribution in [-0.2, 0) is 54.0 Å². The summed E-state index contributed by atoms with van der Waals surface area (Å²) < 4.78 is 62.4. The number of ether oxygens (including phenoxy) is 10. The number of azide groups is 1. The summed E-state index contributed by atoms with van der Waals surface area (Å²) in [7, 11) is 0. The lowest BCUT2D eigenvalue weighted by molar-refractivity contribution is -0.381. The summed E-state index contributed by atoms with van der Waals surface area (Å²) in [5.74, 6) is -2.01. The molecular weight excluding hydrogens is 791 g/mol. The third kappa shape index (κ3) is 11.6. The maximum absolute atomic E-state index is 13.6. The highest BCUT2D eigenvalue weighted by Gasteiger charge is 2.55. The van der Waals surface area contributed by atoms with Gasteiger partial charge < -0.3 is 52.5 Å². The molecule has 3 aliphatic rings. The molecule has 16 nitrogen and oxygen atoms in total. The van der Waals surface area contributed by atoms with Crippen LogP contribution < -0.4 is 0 Å². The van der Waals surface area contributed by atoms with E-state index in [0.717, 1.165) is 11.1 Å². The Morgan fingerprint density at radius 2 is 1.36 bits per heavy atom. The molecule has 322 valence electrons. The standard InChI is InChI=1S/C45H49N3O13/c1-29-37(60-45-40(59-42(51)32-18-10-4-11-19-32)36(49)39-35(57-45)28-55-43(61-39)33-20-12-5-13-21-33)34(27-53-26-30-14-6-2-7-15-30)56-44(54-25-24-52-23-22-47-48-46)38(29)58-41(50)31-16-8-3-9-17-31/h2-21,29,34-40,43-45,49H,22-28H2,1H3. The van der Waals surface area contributed by atoms with Crippen LogP contribution in [0.2, 0.25) is 0 Å². The van der Waals surface area contributed by atoms with E-state index in [1.807, 2.05) is 67.6 Å². The second-order valence-electron chi connectivity index (χ2n) is 14.6. The quantitative estimate of drug-likeness (QED) is 0.0407. The van der Waals surface area contributed by atoms with Crippen molar-refractivity contribution in [3.8, 4) is 0 Å². The zero-order chi connectivity index (χ0) is 42.4. The van der Waals surface area contributed by atoms with E-state index in [1.54, 1.807) is 60.7 Å². The topological polar surface area (TPSA) is 195 Å². The fourth-order valence-corrected chi connectivity index (χ4v) is 7.35. The van der Waals surface area contributed by atoms with Gasteiger partial charge in [-0.05, 0) is 35.4 Å². The smallest absolute Gasteiger partial charge is 0.338 e. The number of aliphatic hydroxyl groups is 1. The Kier molecular flexibility index (Phi) is 15.8. The van der Waals surface area contributed by atoms with E-state index in [0.29, 0.717) is 5.56 Å². The van der Waals surface area contributed by atoms with Crippen molar-refractivity contribution in [2.45, 2.75) is 75.1 Å². The number of aliphatic hydroxyl groups excluding tert-OH is 1. The highest BCUT2D eigenvalue weighted by atomic mass is 16.8. The van der Waals surface area contributed by atoms with Gasteiger partial charge in [-0.3, -0.25) is 0 Å². The van der Waals surface area contributed by atoms with E-state index >= 15 is 0 Å². The van der Waals surface area contributed by atoms with Gasteiger partial charge in [-0.15, -0.1) is 0 Å². The number of hydrogen-bond donors (Lipinski definition) is 1. The number of fused-ring (bicyclic) bond motifs is 1. The van der Waals surface area contributed by atoms with E-state index in [2.05, 4.69) is 10.0 Å². The van der Waals surface area contributed by atoms with E-state index in [-0.39, 0.29) is 51.7 Å². The van der Waals surface area contributed by atoms with E-state index < -0.39 is 79.5 Å². The largest absolute Gasteiger partial charge is 0.453 e. The van der Waals surface area contributed by atoms with Crippen molar-refractivity contribution < 1.29 is 62.1 Å². The summed E-state index contributed by atoms with van der Waals surface area (Å²) >= 11 is 0. The van der Waals surface area contributed by atoms with Crippen LogP contribution in [0.5, 0.6) is 0 Å². The van der Waals surface area contributed by atoms with Gasteiger partial charge in [-0.25, -0.2) is 9.59 Å². The van der Waals surface area contributed by atoms with Crippen LogP contribution in [0.1, 0.15) is 45.1 Å². The molecule has 11 unspecified atom stereocenters. The molecule has 0 aromatic heterocycles. The first kappa shape index (κ1) is 43.8. The molecule has 4 aromatic rings. The Morgan fingerprint density at radius 3 is 2.02 bits per heavy atom. The molecule has 1 N–H and O–H groups in total. The fraction of sp³-hybridized carbons (Fsp3) is 0.422. The number of rotatable bonds is 18. The molecule has 4 aromatic carbocycles. The molecule has 0 amide bonds. The highest BCUT2D eigenvalue weighted by Crippen LogP contribution is 2.39. The number of esters is 2. The summed E-state index contributed by atoms with van der Waals surface area (Å²) in [5, 5.41) is 15.5. The molecular formula is C45H49N3O13. The lowest BCUT2D eigenvalue weighted by Crippen LogP contribution is -2.65. The number of benzene rings is 4. The lowest BCUT2D eigenvalue weighted by Gasteiger charge is -2.50. The second kappa shape index (κ2) is 22.0. The SMILES string of the molecule is CC1C(OC2OC3COC(c4ccccc4)OC3C(O)C2OC(=O)c2ccccc2)C(COCc2ccccc2)OC(OCCOCCN=[N+]=[N-])C1OC(=O)c1ccccc1. The lowest BCUT2D eigenvalue weighted by atomic mass is 9.89. The molecule has 3 fully saturated rings. The van der Waals surface area contributed by atoms with Crippen molar-refractivity contribution in [1.29, 1.82) is 0 Å². The molecule has 61 heavy (non-hydrogen) atoms. The van der Waals surface area contributed by atoms with Crippen molar-refractivity contribution in [2.24, 2.45) is 11.0 Å². The highest BCUT2D eigenvalue weighted by molar-refractivity contribution is 5.90. The molecule has 11 atom stereocenters. The summed E-state index contributed by atoms with van der Waals surface area (Å²) in [6, 6.07) is 35.7. The predicted octanol–water partition coefficient (Wildman–Crippen LogP) is 5.94. The molecule has 7 rings (SSSR count). The van der Waals surface area contributed by atoms with Crippen LogP contribution in [0.3, 0.4) is 0 Å². The van der Waals surface area contributed by atoms with Crippen molar-refractivity contribution in [2.75, 3.05) is 39.6 Å². The normalized spacial score (nSPS) is 28.5. The van der Waals surface area contributed by atoms with E-state index in [9.17, 15) is 14.7 Å². The van der Waals surface area contributed by atoms with Gasteiger partial charge >= 0.3 is 11.9 Å². The van der Waals surface area contributed by atoms with Crippen LogP contribution in [-0.4, -0.2) is 112 Å².